The molecule has 4 rings (SSSR count). The number of carbonyl (C=O) groups is 1. The van der Waals surface area contributed by atoms with Crippen molar-refractivity contribution in [1.29, 1.82) is 0 Å². The number of aromatic nitrogens is 1. The highest BCUT2D eigenvalue weighted by Gasteiger charge is 2.30. The Bertz CT molecular complexity index is 835. The molecule has 2 saturated heterocycles. The van der Waals surface area contributed by atoms with E-state index in [1.807, 2.05) is 23.1 Å². The number of rotatable bonds is 3. The Morgan fingerprint density at radius 2 is 1.82 bits per heavy atom. The van der Waals surface area contributed by atoms with Gasteiger partial charge >= 0.3 is 0 Å². The lowest BCUT2D eigenvalue weighted by Gasteiger charge is -2.36. The van der Waals surface area contributed by atoms with Crippen LogP contribution < -0.4 is 4.90 Å². The maximum absolute atomic E-state index is 13.7. The van der Waals surface area contributed by atoms with E-state index in [0.717, 1.165) is 56.8 Å². The third-order valence-electron chi connectivity index (χ3n) is 5.78. The summed E-state index contributed by atoms with van der Waals surface area (Å²) in [6.45, 7) is 4.50. The fraction of sp³-hybridized carbons (Fsp3) is 0.455. The van der Waals surface area contributed by atoms with Crippen LogP contribution in [0.25, 0.3) is 0 Å². The molecule has 5 nitrogen and oxygen atoms in total. The molecule has 0 radical (unpaired) electrons. The van der Waals surface area contributed by atoms with Crippen LogP contribution in [0.4, 0.5) is 10.2 Å². The Morgan fingerprint density at radius 3 is 2.61 bits per heavy atom. The average Bonchev–Trinajstić information content (AvgIpc) is 2.74. The second-order valence-electron chi connectivity index (χ2n) is 7.74. The first-order valence-corrected chi connectivity index (χ1v) is 10.1. The smallest absolute Gasteiger partial charge is 0.273 e. The first kappa shape index (κ1) is 18.9. The van der Waals surface area contributed by atoms with Crippen molar-refractivity contribution in [2.45, 2.75) is 25.3 Å². The molecule has 2 aliphatic rings. The van der Waals surface area contributed by atoms with E-state index < -0.39 is 0 Å². The van der Waals surface area contributed by atoms with E-state index in [0.29, 0.717) is 12.2 Å². The second-order valence-corrected chi connectivity index (χ2v) is 7.74. The molecule has 0 saturated carbocycles. The predicted octanol–water partition coefficient (Wildman–Crippen LogP) is 3.34. The summed E-state index contributed by atoms with van der Waals surface area (Å²) >= 11 is 0. The first-order valence-electron chi connectivity index (χ1n) is 10.1. The van der Waals surface area contributed by atoms with E-state index in [9.17, 15) is 9.18 Å². The van der Waals surface area contributed by atoms with Gasteiger partial charge in [0.25, 0.3) is 5.91 Å². The van der Waals surface area contributed by atoms with E-state index in [2.05, 4.69) is 21.8 Å². The van der Waals surface area contributed by atoms with E-state index >= 15 is 0 Å². The molecule has 6 heteroatoms. The highest BCUT2D eigenvalue weighted by molar-refractivity contribution is 5.93. The number of piperidine rings is 1. The summed E-state index contributed by atoms with van der Waals surface area (Å²) < 4.78 is 13.7. The number of piperazine rings is 1. The minimum atomic E-state index is -0.259. The summed E-state index contributed by atoms with van der Waals surface area (Å²) in [5, 5.41) is 0. The number of carbonyl (C=O) groups excluding carboxylic acids is 1. The molecule has 0 N–H and O–H groups in total. The summed E-state index contributed by atoms with van der Waals surface area (Å²) in [5.41, 5.74) is 1.34. The van der Waals surface area contributed by atoms with Crippen molar-refractivity contribution >= 4 is 11.7 Å². The van der Waals surface area contributed by atoms with Crippen LogP contribution >= 0.6 is 0 Å². The fourth-order valence-electron chi connectivity index (χ4n) is 4.14. The van der Waals surface area contributed by atoms with Gasteiger partial charge in [-0.3, -0.25) is 4.79 Å². The molecule has 1 aromatic carbocycles. The largest absolute Gasteiger partial charge is 0.354 e. The van der Waals surface area contributed by atoms with Crippen molar-refractivity contribution in [2.24, 2.45) is 0 Å². The van der Waals surface area contributed by atoms with Crippen molar-refractivity contribution in [2.75, 3.05) is 44.7 Å². The second kappa shape index (κ2) is 8.27. The van der Waals surface area contributed by atoms with Crippen LogP contribution in [0.5, 0.6) is 0 Å². The first-order chi connectivity index (χ1) is 13.6. The maximum atomic E-state index is 13.7. The average molecular weight is 382 g/mol. The van der Waals surface area contributed by atoms with Gasteiger partial charge in [-0.2, -0.15) is 0 Å². The molecular weight excluding hydrogens is 355 g/mol. The number of hydrogen-bond donors (Lipinski definition) is 0. The zero-order chi connectivity index (χ0) is 19.5. The maximum Gasteiger partial charge on any atom is 0.273 e. The number of likely N-dealkylation sites (N-methyl/N-ethyl adjacent to an activating group) is 1. The number of pyridine rings is 1. The highest BCUT2D eigenvalue weighted by atomic mass is 19.1. The molecule has 2 fully saturated rings. The molecule has 0 aliphatic carbocycles. The van der Waals surface area contributed by atoms with Crippen LogP contribution in [0.1, 0.15) is 41.4 Å². The minimum Gasteiger partial charge on any atom is -0.354 e. The van der Waals surface area contributed by atoms with Crippen LogP contribution in [0, 0.1) is 5.82 Å². The quantitative estimate of drug-likeness (QED) is 0.816. The third-order valence-corrected chi connectivity index (χ3v) is 5.78. The van der Waals surface area contributed by atoms with Gasteiger partial charge in [0.1, 0.15) is 17.3 Å². The molecule has 148 valence electrons. The van der Waals surface area contributed by atoms with Crippen LogP contribution in [0.3, 0.4) is 0 Å². The number of hydrogen-bond acceptors (Lipinski definition) is 4. The molecule has 2 aromatic rings. The molecule has 0 bridgehead atoms. The SMILES string of the molecule is CN1CCN(c2cccc(C(=O)N3CCCCC3c3cccc(F)c3)n2)CC1. The molecule has 1 unspecified atom stereocenters. The Hall–Kier alpha value is -2.47. The van der Waals surface area contributed by atoms with Crippen molar-refractivity contribution in [1.82, 2.24) is 14.8 Å². The Kier molecular flexibility index (Phi) is 5.57. The topological polar surface area (TPSA) is 39.7 Å². The molecule has 28 heavy (non-hydrogen) atoms. The number of benzene rings is 1. The van der Waals surface area contributed by atoms with Crippen LogP contribution in [0.2, 0.25) is 0 Å². The van der Waals surface area contributed by atoms with Gasteiger partial charge in [-0.1, -0.05) is 18.2 Å². The molecule has 3 heterocycles. The van der Waals surface area contributed by atoms with E-state index in [1.54, 1.807) is 18.2 Å². The molecule has 2 aliphatic heterocycles. The zero-order valence-electron chi connectivity index (χ0n) is 16.4. The summed E-state index contributed by atoms with van der Waals surface area (Å²) in [5.74, 6) is 0.536. The van der Waals surface area contributed by atoms with Gasteiger partial charge in [-0.25, -0.2) is 9.37 Å². The Morgan fingerprint density at radius 1 is 1.04 bits per heavy atom. The monoisotopic (exact) mass is 382 g/mol. The lowest BCUT2D eigenvalue weighted by molar-refractivity contribution is 0.0605. The van der Waals surface area contributed by atoms with Gasteiger partial charge in [0.2, 0.25) is 0 Å². The minimum absolute atomic E-state index is 0.0649. The third kappa shape index (κ3) is 4.02. The number of halogens is 1. The van der Waals surface area contributed by atoms with Crippen LogP contribution in [-0.4, -0.2) is 60.5 Å². The van der Waals surface area contributed by atoms with Crippen LogP contribution in [-0.2, 0) is 0 Å². The highest BCUT2D eigenvalue weighted by Crippen LogP contribution is 2.32. The van der Waals surface area contributed by atoms with Crippen molar-refractivity contribution in [3.63, 3.8) is 0 Å². The molecular formula is C22H27FN4O. The number of likely N-dealkylation sites (tertiary alicyclic amines) is 1. The lowest BCUT2D eigenvalue weighted by atomic mass is 9.94. The standard InChI is InChI=1S/C22H27FN4O/c1-25-12-14-26(15-13-25)21-10-5-8-19(24-21)22(28)27-11-3-2-9-20(27)17-6-4-7-18(23)16-17/h4-8,10,16,20H,2-3,9,11-15H2,1H3. The Balaban J connectivity index is 1.56. The summed E-state index contributed by atoms with van der Waals surface area (Å²) in [6.07, 6.45) is 2.86. The fourth-order valence-corrected chi connectivity index (χ4v) is 4.14. The van der Waals surface area contributed by atoms with Gasteiger partial charge < -0.3 is 14.7 Å². The molecule has 0 spiro atoms. The summed E-state index contributed by atoms with van der Waals surface area (Å²) in [4.78, 5) is 24.4. The van der Waals surface area contributed by atoms with Gasteiger partial charge in [0, 0.05) is 32.7 Å². The van der Waals surface area contributed by atoms with Crippen LogP contribution in [0.15, 0.2) is 42.5 Å². The Labute approximate surface area is 165 Å². The predicted molar refractivity (Wildman–Crippen MR) is 108 cm³/mol. The molecule has 1 amide bonds. The normalized spacial score (nSPS) is 21.0. The van der Waals surface area contributed by atoms with Gasteiger partial charge in [-0.15, -0.1) is 0 Å². The summed E-state index contributed by atoms with van der Waals surface area (Å²) in [7, 11) is 2.12. The van der Waals surface area contributed by atoms with E-state index in [1.165, 1.54) is 6.07 Å². The summed E-state index contributed by atoms with van der Waals surface area (Å²) in [6, 6.07) is 12.2. The molecule has 1 aromatic heterocycles. The number of anilines is 1. The zero-order valence-corrected chi connectivity index (χ0v) is 16.4. The van der Waals surface area contributed by atoms with E-state index in [-0.39, 0.29) is 17.8 Å². The number of amides is 1. The van der Waals surface area contributed by atoms with E-state index in [4.69, 9.17) is 0 Å². The van der Waals surface area contributed by atoms with Crippen molar-refractivity contribution in [3.8, 4) is 0 Å². The van der Waals surface area contributed by atoms with Gasteiger partial charge in [0.05, 0.1) is 6.04 Å². The lowest BCUT2D eigenvalue weighted by Crippen LogP contribution is -2.45. The van der Waals surface area contributed by atoms with Gasteiger partial charge in [0.15, 0.2) is 0 Å². The van der Waals surface area contributed by atoms with Crippen molar-refractivity contribution < 1.29 is 9.18 Å². The number of nitrogens with zero attached hydrogens (tertiary/aromatic N) is 4. The van der Waals surface area contributed by atoms with Gasteiger partial charge in [-0.05, 0) is 56.1 Å². The van der Waals surface area contributed by atoms with Crippen molar-refractivity contribution in [3.05, 3.63) is 59.5 Å². The molecule has 1 atom stereocenters.